The molecule has 0 unspecified atom stereocenters. The summed E-state index contributed by atoms with van der Waals surface area (Å²) in [6.45, 7) is 0. The standard InChI is InChI=1S/C11H10FN3O2S/c12-10-6-9(3-4-11(10)13)18(16,17)15-8-2-1-5-14-7-8/h1-7,15H,13H2. The van der Waals surface area contributed by atoms with Crippen LogP contribution in [0.25, 0.3) is 0 Å². The minimum atomic E-state index is -3.84. The van der Waals surface area contributed by atoms with Gasteiger partial charge in [0.05, 0.1) is 22.5 Å². The van der Waals surface area contributed by atoms with Gasteiger partial charge < -0.3 is 5.73 Å². The van der Waals surface area contributed by atoms with E-state index in [1.165, 1.54) is 30.6 Å². The van der Waals surface area contributed by atoms with Crippen LogP contribution in [0, 0.1) is 5.82 Å². The molecule has 0 aliphatic rings. The van der Waals surface area contributed by atoms with Crippen LogP contribution in [0.3, 0.4) is 0 Å². The number of nitrogen functional groups attached to an aromatic ring is 1. The van der Waals surface area contributed by atoms with E-state index >= 15 is 0 Å². The Morgan fingerprint density at radius 1 is 1.28 bits per heavy atom. The molecule has 0 bridgehead atoms. The maximum atomic E-state index is 13.2. The van der Waals surface area contributed by atoms with Crippen LogP contribution in [0.15, 0.2) is 47.6 Å². The molecular weight excluding hydrogens is 257 g/mol. The third kappa shape index (κ3) is 2.57. The summed E-state index contributed by atoms with van der Waals surface area (Å²) in [6.07, 6.45) is 2.87. The predicted octanol–water partition coefficient (Wildman–Crippen LogP) is 1.60. The minimum Gasteiger partial charge on any atom is -0.396 e. The molecule has 1 heterocycles. The fourth-order valence-corrected chi connectivity index (χ4v) is 2.37. The third-order valence-electron chi connectivity index (χ3n) is 2.20. The van der Waals surface area contributed by atoms with Crippen molar-refractivity contribution in [1.82, 2.24) is 4.98 Å². The van der Waals surface area contributed by atoms with E-state index in [0.29, 0.717) is 5.69 Å². The molecule has 0 aliphatic carbocycles. The lowest BCUT2D eigenvalue weighted by Gasteiger charge is -2.08. The van der Waals surface area contributed by atoms with Crippen LogP contribution in [0.1, 0.15) is 0 Å². The largest absolute Gasteiger partial charge is 0.396 e. The molecule has 2 rings (SSSR count). The summed E-state index contributed by atoms with van der Waals surface area (Å²) in [5.41, 5.74) is 5.48. The topological polar surface area (TPSA) is 85.1 Å². The fraction of sp³-hybridized carbons (Fsp3) is 0. The van der Waals surface area contributed by atoms with Gasteiger partial charge in [0.2, 0.25) is 0 Å². The summed E-state index contributed by atoms with van der Waals surface area (Å²) in [6, 6.07) is 6.43. The Hall–Kier alpha value is -2.15. The summed E-state index contributed by atoms with van der Waals surface area (Å²) in [4.78, 5) is 3.58. The molecule has 2 aromatic rings. The van der Waals surface area contributed by atoms with Gasteiger partial charge in [0.25, 0.3) is 10.0 Å². The second kappa shape index (κ2) is 4.61. The molecule has 0 saturated carbocycles. The Kier molecular flexibility index (Phi) is 3.15. The van der Waals surface area contributed by atoms with E-state index in [2.05, 4.69) is 9.71 Å². The van der Waals surface area contributed by atoms with Gasteiger partial charge in [-0.3, -0.25) is 9.71 Å². The van der Waals surface area contributed by atoms with Crippen molar-refractivity contribution in [2.45, 2.75) is 4.90 Å². The second-order valence-electron chi connectivity index (χ2n) is 3.53. The first kappa shape index (κ1) is 12.3. The van der Waals surface area contributed by atoms with E-state index in [0.717, 1.165) is 6.07 Å². The van der Waals surface area contributed by atoms with E-state index in [4.69, 9.17) is 5.73 Å². The molecule has 0 fully saturated rings. The van der Waals surface area contributed by atoms with Gasteiger partial charge in [-0.15, -0.1) is 0 Å². The van der Waals surface area contributed by atoms with Crippen molar-refractivity contribution >= 4 is 21.4 Å². The molecule has 18 heavy (non-hydrogen) atoms. The minimum absolute atomic E-state index is 0.102. The predicted molar refractivity (Wildman–Crippen MR) is 65.9 cm³/mol. The van der Waals surface area contributed by atoms with Crippen LogP contribution in [0.5, 0.6) is 0 Å². The molecule has 3 N–H and O–H groups in total. The third-order valence-corrected chi connectivity index (χ3v) is 3.57. The normalized spacial score (nSPS) is 11.2. The number of nitrogens with zero attached hydrogens (tertiary/aromatic N) is 1. The number of pyridine rings is 1. The van der Waals surface area contributed by atoms with Gasteiger partial charge in [0.15, 0.2) is 0 Å². The number of aromatic nitrogens is 1. The van der Waals surface area contributed by atoms with Crippen molar-refractivity contribution in [1.29, 1.82) is 0 Å². The fourth-order valence-electron chi connectivity index (χ4n) is 1.31. The zero-order valence-corrected chi connectivity index (χ0v) is 9.99. The van der Waals surface area contributed by atoms with Crippen molar-refractivity contribution in [2.75, 3.05) is 10.5 Å². The zero-order chi connectivity index (χ0) is 13.2. The van der Waals surface area contributed by atoms with Crippen molar-refractivity contribution < 1.29 is 12.8 Å². The van der Waals surface area contributed by atoms with E-state index < -0.39 is 15.8 Å². The van der Waals surface area contributed by atoms with Gasteiger partial charge in [-0.05, 0) is 30.3 Å². The zero-order valence-electron chi connectivity index (χ0n) is 9.17. The van der Waals surface area contributed by atoms with E-state index in [1.807, 2.05) is 0 Å². The average molecular weight is 267 g/mol. The molecule has 7 heteroatoms. The highest BCUT2D eigenvalue weighted by atomic mass is 32.2. The highest BCUT2D eigenvalue weighted by molar-refractivity contribution is 7.92. The number of nitrogens with two attached hydrogens (primary N) is 1. The molecule has 0 radical (unpaired) electrons. The number of hydrogen-bond acceptors (Lipinski definition) is 4. The van der Waals surface area contributed by atoms with Crippen molar-refractivity contribution in [3.8, 4) is 0 Å². The van der Waals surface area contributed by atoms with Gasteiger partial charge in [-0.2, -0.15) is 0 Å². The summed E-state index contributed by atoms with van der Waals surface area (Å²) in [5.74, 6) is -0.774. The van der Waals surface area contributed by atoms with Crippen LogP contribution < -0.4 is 10.5 Å². The Bertz CT molecular complexity index is 659. The Morgan fingerprint density at radius 3 is 2.67 bits per heavy atom. The number of nitrogens with one attached hydrogen (secondary N) is 1. The van der Waals surface area contributed by atoms with Gasteiger partial charge in [-0.25, -0.2) is 12.8 Å². The van der Waals surface area contributed by atoms with Crippen LogP contribution in [-0.2, 0) is 10.0 Å². The molecule has 1 aromatic heterocycles. The summed E-state index contributed by atoms with van der Waals surface area (Å²) in [5, 5.41) is 0. The lowest BCUT2D eigenvalue weighted by molar-refractivity contribution is 0.596. The van der Waals surface area contributed by atoms with Gasteiger partial charge in [0.1, 0.15) is 5.82 Å². The first-order valence-electron chi connectivity index (χ1n) is 4.97. The molecule has 0 saturated heterocycles. The van der Waals surface area contributed by atoms with E-state index in [9.17, 15) is 12.8 Å². The molecule has 1 aromatic carbocycles. The lowest BCUT2D eigenvalue weighted by Crippen LogP contribution is -2.13. The Balaban J connectivity index is 2.34. The lowest BCUT2D eigenvalue weighted by atomic mass is 10.3. The smallest absolute Gasteiger partial charge is 0.262 e. The second-order valence-corrected chi connectivity index (χ2v) is 5.21. The van der Waals surface area contributed by atoms with Crippen LogP contribution in [0.2, 0.25) is 0 Å². The van der Waals surface area contributed by atoms with Crippen LogP contribution >= 0.6 is 0 Å². The number of sulfonamides is 1. The van der Waals surface area contributed by atoms with Crippen molar-refractivity contribution in [3.63, 3.8) is 0 Å². The van der Waals surface area contributed by atoms with E-state index in [-0.39, 0.29) is 10.6 Å². The quantitative estimate of drug-likeness (QED) is 0.827. The highest BCUT2D eigenvalue weighted by Gasteiger charge is 2.15. The molecule has 94 valence electrons. The monoisotopic (exact) mass is 267 g/mol. The Labute approximate surface area is 104 Å². The molecule has 0 atom stereocenters. The maximum Gasteiger partial charge on any atom is 0.262 e. The highest BCUT2D eigenvalue weighted by Crippen LogP contribution is 2.18. The summed E-state index contributed by atoms with van der Waals surface area (Å²) < 4.78 is 39.3. The summed E-state index contributed by atoms with van der Waals surface area (Å²) in [7, 11) is -3.84. The molecule has 0 spiro atoms. The Morgan fingerprint density at radius 2 is 2.06 bits per heavy atom. The first-order chi connectivity index (χ1) is 8.49. The number of benzene rings is 1. The molecule has 0 aliphatic heterocycles. The first-order valence-corrected chi connectivity index (χ1v) is 6.45. The number of hydrogen-bond donors (Lipinski definition) is 2. The maximum absolute atomic E-state index is 13.2. The number of rotatable bonds is 3. The van der Waals surface area contributed by atoms with Crippen molar-refractivity contribution in [2.24, 2.45) is 0 Å². The van der Waals surface area contributed by atoms with Gasteiger partial charge in [0, 0.05) is 6.20 Å². The average Bonchev–Trinajstić information content (AvgIpc) is 2.33. The van der Waals surface area contributed by atoms with E-state index in [1.54, 1.807) is 6.07 Å². The van der Waals surface area contributed by atoms with Crippen LogP contribution in [0.4, 0.5) is 15.8 Å². The molecule has 5 nitrogen and oxygen atoms in total. The summed E-state index contributed by atoms with van der Waals surface area (Å²) >= 11 is 0. The van der Waals surface area contributed by atoms with Gasteiger partial charge >= 0.3 is 0 Å². The van der Waals surface area contributed by atoms with Crippen molar-refractivity contribution in [3.05, 3.63) is 48.5 Å². The number of anilines is 2. The SMILES string of the molecule is Nc1ccc(S(=O)(=O)Nc2cccnc2)cc1F. The molecule has 0 amide bonds. The molecular formula is C11H10FN3O2S. The number of halogens is 1. The van der Waals surface area contributed by atoms with Crippen LogP contribution in [-0.4, -0.2) is 13.4 Å². The van der Waals surface area contributed by atoms with Gasteiger partial charge in [-0.1, -0.05) is 0 Å².